The first-order chi connectivity index (χ1) is 8.47. The number of hydrogen-bond donors (Lipinski definition) is 1. The highest BCUT2D eigenvalue weighted by atomic mass is 35.5. The Labute approximate surface area is 118 Å². The minimum atomic E-state index is -0.450. The van der Waals surface area contributed by atoms with Crippen LogP contribution in [0.2, 0.25) is 15.1 Å². The van der Waals surface area contributed by atoms with Gasteiger partial charge in [0.05, 0.1) is 20.8 Å². The summed E-state index contributed by atoms with van der Waals surface area (Å²) in [5, 5.41) is 0.770. The van der Waals surface area contributed by atoms with Gasteiger partial charge < -0.3 is 10.5 Å². The summed E-state index contributed by atoms with van der Waals surface area (Å²) in [5.74, 6) is 0.135. The fourth-order valence-electron chi connectivity index (χ4n) is 1.31. The predicted molar refractivity (Wildman–Crippen MR) is 72.4 cm³/mol. The first-order valence-electron chi connectivity index (χ1n) is 4.85. The third-order valence-electron chi connectivity index (χ3n) is 2.17. The molecule has 0 aliphatic heterocycles. The molecule has 2 aromatic rings. The van der Waals surface area contributed by atoms with Crippen LogP contribution >= 0.6 is 34.8 Å². The summed E-state index contributed by atoms with van der Waals surface area (Å²) in [6.07, 6.45) is 0. The molecular weight excluding hydrogens is 299 g/mol. The number of benzene rings is 2. The summed E-state index contributed by atoms with van der Waals surface area (Å²) >= 11 is 17.5. The van der Waals surface area contributed by atoms with E-state index in [1.54, 1.807) is 0 Å². The van der Waals surface area contributed by atoms with Crippen LogP contribution in [0.1, 0.15) is 0 Å². The lowest BCUT2D eigenvalue weighted by atomic mass is 10.3. The van der Waals surface area contributed by atoms with Gasteiger partial charge in [0.15, 0.2) is 5.75 Å². The number of halogens is 4. The summed E-state index contributed by atoms with van der Waals surface area (Å²) in [4.78, 5) is 0. The van der Waals surface area contributed by atoms with E-state index in [1.165, 1.54) is 24.3 Å². The van der Waals surface area contributed by atoms with Crippen molar-refractivity contribution in [2.75, 3.05) is 5.73 Å². The topological polar surface area (TPSA) is 35.2 Å². The highest BCUT2D eigenvalue weighted by molar-refractivity contribution is 6.42. The molecule has 0 fully saturated rings. The van der Waals surface area contributed by atoms with Gasteiger partial charge in [0.1, 0.15) is 11.6 Å². The van der Waals surface area contributed by atoms with Crippen molar-refractivity contribution < 1.29 is 9.13 Å². The number of nitrogens with two attached hydrogens (primary N) is 1. The molecule has 2 rings (SSSR count). The molecular formula is C12H7Cl3FNO. The highest BCUT2D eigenvalue weighted by Gasteiger charge is 2.10. The number of anilines is 1. The zero-order chi connectivity index (χ0) is 13.3. The molecule has 0 saturated carbocycles. The smallest absolute Gasteiger partial charge is 0.151 e. The average Bonchev–Trinajstić information content (AvgIpc) is 2.29. The van der Waals surface area contributed by atoms with Crippen LogP contribution < -0.4 is 10.5 Å². The molecule has 0 spiro atoms. The standard InChI is InChI=1S/C12H7Cl3FNO/c13-7-4-10(17)12(5-8(7)14)18-11-2-1-6(16)3-9(11)15/h1-5H,17H2. The van der Waals surface area contributed by atoms with Gasteiger partial charge in [-0.1, -0.05) is 34.8 Å². The van der Waals surface area contributed by atoms with E-state index in [0.29, 0.717) is 21.5 Å². The third kappa shape index (κ3) is 2.80. The monoisotopic (exact) mass is 305 g/mol. The van der Waals surface area contributed by atoms with E-state index in [2.05, 4.69) is 0 Å². The van der Waals surface area contributed by atoms with E-state index in [4.69, 9.17) is 45.3 Å². The minimum absolute atomic E-state index is 0.139. The second-order valence-electron chi connectivity index (χ2n) is 3.48. The lowest BCUT2D eigenvalue weighted by Crippen LogP contribution is -1.93. The molecule has 0 radical (unpaired) electrons. The van der Waals surface area contributed by atoms with Crippen molar-refractivity contribution in [2.45, 2.75) is 0 Å². The normalized spacial score (nSPS) is 10.4. The summed E-state index contributed by atoms with van der Waals surface area (Å²) in [6, 6.07) is 6.72. The van der Waals surface area contributed by atoms with E-state index >= 15 is 0 Å². The van der Waals surface area contributed by atoms with Gasteiger partial charge in [-0.2, -0.15) is 0 Å². The molecule has 0 amide bonds. The van der Waals surface area contributed by atoms with Gasteiger partial charge in [-0.25, -0.2) is 4.39 Å². The maximum absolute atomic E-state index is 12.9. The van der Waals surface area contributed by atoms with Crippen LogP contribution in [0.5, 0.6) is 11.5 Å². The van der Waals surface area contributed by atoms with Gasteiger partial charge in [0.2, 0.25) is 0 Å². The first-order valence-corrected chi connectivity index (χ1v) is 5.98. The van der Waals surface area contributed by atoms with Crippen LogP contribution in [0.3, 0.4) is 0 Å². The SMILES string of the molecule is Nc1cc(Cl)c(Cl)cc1Oc1ccc(F)cc1Cl. The molecule has 2 aromatic carbocycles. The molecule has 2 N–H and O–H groups in total. The Morgan fingerprint density at radius 3 is 2.22 bits per heavy atom. The van der Waals surface area contributed by atoms with Gasteiger partial charge in [0, 0.05) is 6.07 Å². The maximum atomic E-state index is 12.9. The summed E-state index contributed by atoms with van der Waals surface area (Å²) in [5.41, 5.74) is 6.04. The van der Waals surface area contributed by atoms with E-state index < -0.39 is 5.82 Å². The Hall–Kier alpha value is -1.16. The van der Waals surface area contributed by atoms with Crippen molar-refractivity contribution in [3.63, 3.8) is 0 Å². The van der Waals surface area contributed by atoms with E-state index in [1.807, 2.05) is 0 Å². The van der Waals surface area contributed by atoms with E-state index in [0.717, 1.165) is 6.07 Å². The molecule has 0 saturated heterocycles. The molecule has 0 unspecified atom stereocenters. The molecule has 0 bridgehead atoms. The van der Waals surface area contributed by atoms with Gasteiger partial charge in [-0.3, -0.25) is 0 Å². The molecule has 2 nitrogen and oxygen atoms in total. The Bertz CT molecular complexity index is 604. The second kappa shape index (κ2) is 5.22. The molecule has 0 atom stereocenters. The van der Waals surface area contributed by atoms with Crippen molar-refractivity contribution in [3.8, 4) is 11.5 Å². The number of ether oxygens (including phenoxy) is 1. The molecule has 0 aliphatic rings. The van der Waals surface area contributed by atoms with Gasteiger partial charge >= 0.3 is 0 Å². The molecule has 6 heteroatoms. The van der Waals surface area contributed by atoms with Crippen LogP contribution in [0.15, 0.2) is 30.3 Å². The van der Waals surface area contributed by atoms with Gasteiger partial charge in [-0.05, 0) is 24.3 Å². The Balaban J connectivity index is 2.37. The first kappa shape index (κ1) is 13.3. The number of hydrogen-bond acceptors (Lipinski definition) is 2. The molecule has 0 aromatic heterocycles. The van der Waals surface area contributed by atoms with E-state index in [9.17, 15) is 4.39 Å². The van der Waals surface area contributed by atoms with Crippen LogP contribution in [0, 0.1) is 5.82 Å². The van der Waals surface area contributed by atoms with Crippen molar-refractivity contribution in [1.82, 2.24) is 0 Å². The van der Waals surface area contributed by atoms with Crippen LogP contribution in [0.4, 0.5) is 10.1 Å². The molecule has 0 aliphatic carbocycles. The van der Waals surface area contributed by atoms with Gasteiger partial charge in [0.25, 0.3) is 0 Å². The Morgan fingerprint density at radius 1 is 0.889 bits per heavy atom. The lowest BCUT2D eigenvalue weighted by molar-refractivity contribution is 0.483. The maximum Gasteiger partial charge on any atom is 0.151 e. The fourth-order valence-corrected chi connectivity index (χ4v) is 1.84. The van der Waals surface area contributed by atoms with E-state index in [-0.39, 0.29) is 10.8 Å². The van der Waals surface area contributed by atoms with Crippen LogP contribution in [-0.2, 0) is 0 Å². The summed E-state index contributed by atoms with van der Waals surface area (Å²) < 4.78 is 18.3. The predicted octanol–water partition coefficient (Wildman–Crippen LogP) is 5.16. The van der Waals surface area contributed by atoms with Crippen molar-refractivity contribution in [3.05, 3.63) is 51.2 Å². The van der Waals surface area contributed by atoms with Crippen LogP contribution in [0.25, 0.3) is 0 Å². The zero-order valence-electron chi connectivity index (χ0n) is 8.88. The van der Waals surface area contributed by atoms with Crippen molar-refractivity contribution >= 4 is 40.5 Å². The highest BCUT2D eigenvalue weighted by Crippen LogP contribution is 2.37. The molecule has 0 heterocycles. The second-order valence-corrected chi connectivity index (χ2v) is 4.70. The zero-order valence-corrected chi connectivity index (χ0v) is 11.2. The summed E-state index contributed by atoms with van der Waals surface area (Å²) in [7, 11) is 0. The number of rotatable bonds is 2. The van der Waals surface area contributed by atoms with Crippen molar-refractivity contribution in [1.29, 1.82) is 0 Å². The number of nitrogen functional groups attached to an aromatic ring is 1. The van der Waals surface area contributed by atoms with Crippen LogP contribution in [-0.4, -0.2) is 0 Å². The van der Waals surface area contributed by atoms with Crippen molar-refractivity contribution in [2.24, 2.45) is 0 Å². The molecule has 94 valence electrons. The Morgan fingerprint density at radius 2 is 1.56 bits per heavy atom. The quantitative estimate of drug-likeness (QED) is 0.778. The average molecular weight is 307 g/mol. The third-order valence-corrected chi connectivity index (χ3v) is 3.18. The Kier molecular flexibility index (Phi) is 3.85. The summed E-state index contributed by atoms with van der Waals surface area (Å²) in [6.45, 7) is 0. The van der Waals surface area contributed by atoms with Gasteiger partial charge in [-0.15, -0.1) is 0 Å². The lowest BCUT2D eigenvalue weighted by Gasteiger charge is -2.11. The largest absolute Gasteiger partial charge is 0.454 e. The molecule has 18 heavy (non-hydrogen) atoms. The minimum Gasteiger partial charge on any atom is -0.454 e. The fraction of sp³-hybridized carbons (Fsp3) is 0.